The zero-order valence-electron chi connectivity index (χ0n) is 13.4. The maximum Gasteiger partial charge on any atom is 0.0313 e. The standard InChI is InChI=1S/C17H29N3/c1-13(2)7-17-12-20(15(4)5-6-19-17)11-16-8-14(3)9-18-10-16/h8-10,13,15,17,19H,5-7,11-12H2,1-4H3. The molecule has 1 aromatic heterocycles. The number of rotatable bonds is 4. The number of nitrogens with zero attached hydrogens (tertiary/aromatic N) is 2. The van der Waals surface area contributed by atoms with E-state index in [1.807, 2.05) is 12.4 Å². The van der Waals surface area contributed by atoms with E-state index in [2.05, 4.69) is 49.0 Å². The van der Waals surface area contributed by atoms with Crippen molar-refractivity contribution in [2.75, 3.05) is 13.1 Å². The normalized spacial score (nSPS) is 24.9. The van der Waals surface area contributed by atoms with Crippen LogP contribution in [0.5, 0.6) is 0 Å². The van der Waals surface area contributed by atoms with E-state index in [0.29, 0.717) is 12.1 Å². The molecule has 0 spiro atoms. The molecule has 2 heterocycles. The van der Waals surface area contributed by atoms with Crippen LogP contribution in [0.1, 0.15) is 44.7 Å². The molecular formula is C17H29N3. The third kappa shape index (κ3) is 4.57. The Balaban J connectivity index is 2.02. The largest absolute Gasteiger partial charge is 0.313 e. The third-order valence-corrected chi connectivity index (χ3v) is 4.15. The van der Waals surface area contributed by atoms with Gasteiger partial charge in [-0.2, -0.15) is 0 Å². The molecular weight excluding hydrogens is 246 g/mol. The summed E-state index contributed by atoms with van der Waals surface area (Å²) in [6, 6.07) is 3.52. The Bertz CT molecular complexity index is 416. The Hall–Kier alpha value is -0.930. The molecule has 0 radical (unpaired) electrons. The molecule has 0 aliphatic carbocycles. The highest BCUT2D eigenvalue weighted by Gasteiger charge is 2.23. The van der Waals surface area contributed by atoms with Gasteiger partial charge in [0.1, 0.15) is 0 Å². The number of aryl methyl sites for hydroxylation is 1. The van der Waals surface area contributed by atoms with Gasteiger partial charge in [-0.15, -0.1) is 0 Å². The van der Waals surface area contributed by atoms with Gasteiger partial charge in [0.05, 0.1) is 0 Å². The summed E-state index contributed by atoms with van der Waals surface area (Å²) in [4.78, 5) is 6.94. The van der Waals surface area contributed by atoms with E-state index in [1.165, 1.54) is 24.0 Å². The summed E-state index contributed by atoms with van der Waals surface area (Å²) in [6.45, 7) is 12.4. The second kappa shape index (κ2) is 7.19. The molecule has 112 valence electrons. The lowest BCUT2D eigenvalue weighted by molar-refractivity contribution is 0.189. The van der Waals surface area contributed by atoms with Crippen molar-refractivity contribution in [2.45, 2.75) is 59.2 Å². The summed E-state index contributed by atoms with van der Waals surface area (Å²) in [5, 5.41) is 3.71. The van der Waals surface area contributed by atoms with Crippen LogP contribution in [0, 0.1) is 12.8 Å². The highest BCUT2D eigenvalue weighted by atomic mass is 15.2. The number of pyridine rings is 1. The lowest BCUT2D eigenvalue weighted by atomic mass is 10.0. The molecule has 1 aromatic rings. The Morgan fingerprint density at radius 2 is 2.20 bits per heavy atom. The van der Waals surface area contributed by atoms with Gasteiger partial charge in [0, 0.05) is 37.6 Å². The van der Waals surface area contributed by atoms with Crippen LogP contribution in [0.25, 0.3) is 0 Å². The first-order valence-electron chi connectivity index (χ1n) is 7.92. The van der Waals surface area contributed by atoms with Crippen molar-refractivity contribution in [3.63, 3.8) is 0 Å². The van der Waals surface area contributed by atoms with Gasteiger partial charge in [0.15, 0.2) is 0 Å². The van der Waals surface area contributed by atoms with Crippen LogP contribution in [-0.4, -0.2) is 35.1 Å². The minimum Gasteiger partial charge on any atom is -0.313 e. The van der Waals surface area contributed by atoms with Crippen molar-refractivity contribution in [1.29, 1.82) is 0 Å². The zero-order valence-corrected chi connectivity index (χ0v) is 13.4. The van der Waals surface area contributed by atoms with Crippen molar-refractivity contribution in [3.05, 3.63) is 29.6 Å². The summed E-state index contributed by atoms with van der Waals surface area (Å²) in [7, 11) is 0. The van der Waals surface area contributed by atoms with E-state index in [9.17, 15) is 0 Å². The molecule has 0 saturated carbocycles. The smallest absolute Gasteiger partial charge is 0.0313 e. The highest BCUT2D eigenvalue weighted by molar-refractivity contribution is 5.16. The fourth-order valence-corrected chi connectivity index (χ4v) is 3.09. The third-order valence-electron chi connectivity index (χ3n) is 4.15. The minimum absolute atomic E-state index is 0.623. The van der Waals surface area contributed by atoms with E-state index < -0.39 is 0 Å². The van der Waals surface area contributed by atoms with E-state index in [-0.39, 0.29) is 0 Å². The molecule has 3 heteroatoms. The quantitative estimate of drug-likeness (QED) is 0.915. The van der Waals surface area contributed by atoms with Crippen molar-refractivity contribution < 1.29 is 0 Å². The lowest BCUT2D eigenvalue weighted by Gasteiger charge is -2.29. The molecule has 3 nitrogen and oxygen atoms in total. The number of aromatic nitrogens is 1. The zero-order chi connectivity index (χ0) is 14.5. The topological polar surface area (TPSA) is 28.2 Å². The first kappa shape index (κ1) is 15.5. The molecule has 1 aliphatic rings. The van der Waals surface area contributed by atoms with E-state index in [4.69, 9.17) is 0 Å². The Morgan fingerprint density at radius 3 is 2.90 bits per heavy atom. The van der Waals surface area contributed by atoms with E-state index >= 15 is 0 Å². The second-order valence-corrected chi connectivity index (χ2v) is 6.72. The number of nitrogens with one attached hydrogen (secondary N) is 1. The average molecular weight is 275 g/mol. The summed E-state index contributed by atoms with van der Waals surface area (Å²) < 4.78 is 0. The summed E-state index contributed by atoms with van der Waals surface area (Å²) in [5.41, 5.74) is 2.59. The number of hydrogen-bond acceptors (Lipinski definition) is 3. The van der Waals surface area contributed by atoms with Crippen LogP contribution in [0.4, 0.5) is 0 Å². The molecule has 2 unspecified atom stereocenters. The minimum atomic E-state index is 0.623. The monoisotopic (exact) mass is 275 g/mol. The lowest BCUT2D eigenvalue weighted by Crippen LogP contribution is -2.40. The summed E-state index contributed by atoms with van der Waals surface area (Å²) >= 11 is 0. The predicted molar refractivity (Wildman–Crippen MR) is 84.7 cm³/mol. The van der Waals surface area contributed by atoms with E-state index in [0.717, 1.165) is 25.6 Å². The van der Waals surface area contributed by atoms with Gasteiger partial charge in [-0.05, 0) is 50.3 Å². The Morgan fingerprint density at radius 1 is 1.40 bits per heavy atom. The van der Waals surface area contributed by atoms with Crippen molar-refractivity contribution in [1.82, 2.24) is 15.2 Å². The summed E-state index contributed by atoms with van der Waals surface area (Å²) in [5.74, 6) is 0.753. The van der Waals surface area contributed by atoms with Crippen molar-refractivity contribution in [3.8, 4) is 0 Å². The maximum atomic E-state index is 4.32. The van der Waals surface area contributed by atoms with Crippen LogP contribution in [0.2, 0.25) is 0 Å². The molecule has 1 aliphatic heterocycles. The maximum absolute atomic E-state index is 4.32. The van der Waals surface area contributed by atoms with Gasteiger partial charge >= 0.3 is 0 Å². The fourth-order valence-electron chi connectivity index (χ4n) is 3.09. The van der Waals surface area contributed by atoms with Gasteiger partial charge in [0.2, 0.25) is 0 Å². The fraction of sp³-hybridized carbons (Fsp3) is 0.706. The van der Waals surface area contributed by atoms with Gasteiger partial charge in [0.25, 0.3) is 0 Å². The Kier molecular flexibility index (Phi) is 5.55. The second-order valence-electron chi connectivity index (χ2n) is 6.72. The molecule has 20 heavy (non-hydrogen) atoms. The van der Waals surface area contributed by atoms with Gasteiger partial charge in [-0.3, -0.25) is 9.88 Å². The molecule has 1 fully saturated rings. The van der Waals surface area contributed by atoms with Gasteiger partial charge < -0.3 is 5.32 Å². The van der Waals surface area contributed by atoms with Crippen molar-refractivity contribution >= 4 is 0 Å². The first-order chi connectivity index (χ1) is 9.54. The van der Waals surface area contributed by atoms with Crippen LogP contribution < -0.4 is 5.32 Å². The molecule has 1 N–H and O–H groups in total. The highest BCUT2D eigenvalue weighted by Crippen LogP contribution is 2.17. The number of hydrogen-bond donors (Lipinski definition) is 1. The van der Waals surface area contributed by atoms with Crippen LogP contribution in [-0.2, 0) is 6.54 Å². The van der Waals surface area contributed by atoms with Crippen molar-refractivity contribution in [2.24, 2.45) is 5.92 Å². The first-order valence-corrected chi connectivity index (χ1v) is 7.92. The predicted octanol–water partition coefficient (Wildman–Crippen LogP) is 2.99. The molecule has 2 rings (SSSR count). The molecule has 2 atom stereocenters. The Labute approximate surface area is 123 Å². The van der Waals surface area contributed by atoms with E-state index in [1.54, 1.807) is 0 Å². The molecule has 0 aromatic carbocycles. The molecule has 1 saturated heterocycles. The molecule has 0 amide bonds. The van der Waals surface area contributed by atoms with Gasteiger partial charge in [-0.25, -0.2) is 0 Å². The van der Waals surface area contributed by atoms with Crippen LogP contribution in [0.3, 0.4) is 0 Å². The SMILES string of the molecule is Cc1cncc(CN2CC(CC(C)C)NCCC2C)c1. The van der Waals surface area contributed by atoms with Crippen LogP contribution >= 0.6 is 0 Å². The van der Waals surface area contributed by atoms with Gasteiger partial charge in [-0.1, -0.05) is 19.9 Å². The molecule has 0 bridgehead atoms. The van der Waals surface area contributed by atoms with Crippen LogP contribution in [0.15, 0.2) is 18.5 Å². The average Bonchev–Trinajstić information content (AvgIpc) is 2.52. The summed E-state index contributed by atoms with van der Waals surface area (Å²) in [6.07, 6.45) is 6.43.